The molecule has 1 atom stereocenters. The van der Waals surface area contributed by atoms with E-state index in [-0.39, 0.29) is 23.6 Å². The number of hydrogen-bond acceptors (Lipinski definition) is 7. The Morgan fingerprint density at radius 3 is 2.71 bits per heavy atom. The lowest BCUT2D eigenvalue weighted by atomic mass is 9.95. The van der Waals surface area contributed by atoms with Crippen molar-refractivity contribution < 1.29 is 18.8 Å². The third kappa shape index (κ3) is 3.57. The number of aromatic nitrogens is 2. The number of nitrogens with two attached hydrogens (primary N) is 1. The molecule has 0 saturated carbocycles. The molecule has 0 spiro atoms. The Kier molecular flexibility index (Phi) is 4.99. The van der Waals surface area contributed by atoms with Gasteiger partial charge in [0, 0.05) is 37.2 Å². The van der Waals surface area contributed by atoms with Gasteiger partial charge in [0.1, 0.15) is 11.5 Å². The molecule has 2 aliphatic heterocycles. The molecule has 0 unspecified atom stereocenters. The highest BCUT2D eigenvalue weighted by molar-refractivity contribution is 5.90. The molecule has 2 amide bonds. The molecule has 0 aromatic carbocycles. The highest BCUT2D eigenvalue weighted by atomic mass is 16.7. The SMILES string of the molecule is Cc1cc([C@@H]2CCON2C(=O)C2CCN(c3nccc(C(N)=O)n3)CC2)co1. The number of aryl methyl sites for hydroxylation is 1. The van der Waals surface area contributed by atoms with Crippen LogP contribution in [0.4, 0.5) is 5.95 Å². The molecule has 2 aromatic rings. The van der Waals surface area contributed by atoms with Crippen molar-refractivity contribution in [1.29, 1.82) is 0 Å². The lowest BCUT2D eigenvalue weighted by Gasteiger charge is -2.33. The fourth-order valence-corrected chi connectivity index (χ4v) is 3.77. The maximum Gasteiger partial charge on any atom is 0.267 e. The van der Waals surface area contributed by atoms with Crippen LogP contribution in [0.5, 0.6) is 0 Å². The van der Waals surface area contributed by atoms with Crippen LogP contribution in [-0.2, 0) is 9.63 Å². The minimum absolute atomic E-state index is 0.00723. The summed E-state index contributed by atoms with van der Waals surface area (Å²) in [6, 6.07) is 3.34. The summed E-state index contributed by atoms with van der Waals surface area (Å²) < 4.78 is 5.39. The number of piperidine rings is 1. The predicted octanol–water partition coefficient (Wildman–Crippen LogP) is 1.60. The van der Waals surface area contributed by atoms with Gasteiger partial charge in [-0.05, 0) is 31.9 Å². The van der Waals surface area contributed by atoms with Gasteiger partial charge in [-0.15, -0.1) is 0 Å². The van der Waals surface area contributed by atoms with Crippen molar-refractivity contribution in [3.63, 3.8) is 0 Å². The van der Waals surface area contributed by atoms with Gasteiger partial charge in [-0.2, -0.15) is 0 Å². The number of amides is 2. The van der Waals surface area contributed by atoms with Crippen LogP contribution in [0.15, 0.2) is 29.0 Å². The maximum absolute atomic E-state index is 13.0. The number of hydrogen-bond donors (Lipinski definition) is 1. The summed E-state index contributed by atoms with van der Waals surface area (Å²) in [5.41, 5.74) is 6.44. The zero-order chi connectivity index (χ0) is 19.7. The summed E-state index contributed by atoms with van der Waals surface area (Å²) in [7, 11) is 0. The molecule has 0 aliphatic carbocycles. The third-order valence-electron chi connectivity index (χ3n) is 5.28. The summed E-state index contributed by atoms with van der Waals surface area (Å²) in [6.45, 7) is 3.66. The number of carbonyl (C=O) groups excluding carboxylic acids is 2. The summed E-state index contributed by atoms with van der Waals surface area (Å²) in [4.78, 5) is 40.4. The molecule has 2 saturated heterocycles. The van der Waals surface area contributed by atoms with Crippen LogP contribution in [0.2, 0.25) is 0 Å². The zero-order valence-corrected chi connectivity index (χ0v) is 15.7. The smallest absolute Gasteiger partial charge is 0.267 e. The quantitative estimate of drug-likeness (QED) is 0.850. The Hall–Kier alpha value is -2.94. The fraction of sp³-hybridized carbons (Fsp3) is 0.474. The molecule has 9 heteroatoms. The first kappa shape index (κ1) is 18.4. The van der Waals surface area contributed by atoms with Gasteiger partial charge in [0.2, 0.25) is 11.9 Å². The van der Waals surface area contributed by atoms with Crippen LogP contribution in [0.25, 0.3) is 0 Å². The van der Waals surface area contributed by atoms with E-state index in [4.69, 9.17) is 15.0 Å². The molecule has 148 valence electrons. The molecule has 2 N–H and O–H groups in total. The third-order valence-corrected chi connectivity index (χ3v) is 5.28. The number of nitrogens with zero attached hydrogens (tertiary/aromatic N) is 4. The Morgan fingerprint density at radius 2 is 2.04 bits per heavy atom. The highest BCUT2D eigenvalue weighted by Crippen LogP contribution is 2.34. The summed E-state index contributed by atoms with van der Waals surface area (Å²) in [6.07, 6.45) is 5.31. The van der Waals surface area contributed by atoms with Crippen molar-refractivity contribution in [2.45, 2.75) is 32.2 Å². The number of anilines is 1. The Bertz CT molecular complexity index is 875. The predicted molar refractivity (Wildman–Crippen MR) is 99.1 cm³/mol. The van der Waals surface area contributed by atoms with Crippen LogP contribution >= 0.6 is 0 Å². The molecular weight excluding hydrogens is 362 g/mol. The molecule has 28 heavy (non-hydrogen) atoms. The van der Waals surface area contributed by atoms with E-state index in [1.807, 2.05) is 17.9 Å². The van der Waals surface area contributed by atoms with E-state index in [0.717, 1.165) is 17.7 Å². The van der Waals surface area contributed by atoms with Gasteiger partial charge >= 0.3 is 0 Å². The van der Waals surface area contributed by atoms with Crippen LogP contribution in [0, 0.1) is 12.8 Å². The van der Waals surface area contributed by atoms with Crippen molar-refractivity contribution in [3.8, 4) is 0 Å². The number of carbonyl (C=O) groups is 2. The Morgan fingerprint density at radius 1 is 1.25 bits per heavy atom. The van der Waals surface area contributed by atoms with E-state index in [1.165, 1.54) is 17.3 Å². The molecule has 2 aliphatic rings. The largest absolute Gasteiger partial charge is 0.469 e. The topological polar surface area (TPSA) is 115 Å². The highest BCUT2D eigenvalue weighted by Gasteiger charge is 2.37. The van der Waals surface area contributed by atoms with Crippen LogP contribution < -0.4 is 10.6 Å². The van der Waals surface area contributed by atoms with E-state index >= 15 is 0 Å². The first-order valence-electron chi connectivity index (χ1n) is 9.42. The van der Waals surface area contributed by atoms with Crippen molar-refractivity contribution >= 4 is 17.8 Å². The van der Waals surface area contributed by atoms with E-state index in [0.29, 0.717) is 38.5 Å². The van der Waals surface area contributed by atoms with Gasteiger partial charge in [-0.25, -0.2) is 15.0 Å². The van der Waals surface area contributed by atoms with Crippen LogP contribution in [0.1, 0.15) is 47.1 Å². The molecule has 2 aromatic heterocycles. The molecule has 9 nitrogen and oxygen atoms in total. The van der Waals surface area contributed by atoms with Gasteiger partial charge in [0.15, 0.2) is 0 Å². The fourth-order valence-electron chi connectivity index (χ4n) is 3.77. The molecule has 2 fully saturated rings. The lowest BCUT2D eigenvalue weighted by Crippen LogP contribution is -2.42. The summed E-state index contributed by atoms with van der Waals surface area (Å²) in [5.74, 6) is 0.588. The Balaban J connectivity index is 1.40. The van der Waals surface area contributed by atoms with Gasteiger partial charge < -0.3 is 15.1 Å². The molecule has 4 rings (SSSR count). The number of primary amides is 1. The van der Waals surface area contributed by atoms with E-state index in [1.54, 1.807) is 6.26 Å². The second-order valence-electron chi connectivity index (χ2n) is 7.16. The van der Waals surface area contributed by atoms with Crippen LogP contribution in [0.3, 0.4) is 0 Å². The normalized spacial score (nSPS) is 20.5. The zero-order valence-electron chi connectivity index (χ0n) is 15.7. The van der Waals surface area contributed by atoms with Crippen LogP contribution in [-0.4, -0.2) is 46.5 Å². The standard InChI is InChI=1S/C19H23N5O4/c1-12-10-14(11-27-12)16-5-9-28-24(16)18(26)13-3-7-23(8-4-13)19-21-6-2-15(22-19)17(20)25/h2,6,10-11,13,16H,3-5,7-9H2,1H3,(H2,20,25)/t16-/m0/s1. The van der Waals surface area contributed by atoms with E-state index in [2.05, 4.69) is 9.97 Å². The van der Waals surface area contributed by atoms with E-state index < -0.39 is 5.91 Å². The van der Waals surface area contributed by atoms with Crippen molar-refractivity contribution in [3.05, 3.63) is 41.6 Å². The van der Waals surface area contributed by atoms with Gasteiger partial charge in [0.25, 0.3) is 5.91 Å². The maximum atomic E-state index is 13.0. The first-order chi connectivity index (χ1) is 13.5. The van der Waals surface area contributed by atoms with Gasteiger partial charge in [-0.1, -0.05) is 0 Å². The van der Waals surface area contributed by atoms with Crippen molar-refractivity contribution in [1.82, 2.24) is 15.0 Å². The summed E-state index contributed by atoms with van der Waals surface area (Å²) in [5, 5.41) is 1.52. The minimum Gasteiger partial charge on any atom is -0.469 e. The Labute approximate surface area is 162 Å². The molecule has 4 heterocycles. The monoisotopic (exact) mass is 385 g/mol. The average molecular weight is 385 g/mol. The average Bonchev–Trinajstić information content (AvgIpc) is 3.36. The number of rotatable bonds is 4. The second kappa shape index (κ2) is 7.59. The molecule has 0 bridgehead atoms. The molecular formula is C19H23N5O4. The molecule has 0 radical (unpaired) electrons. The lowest BCUT2D eigenvalue weighted by molar-refractivity contribution is -0.182. The first-order valence-corrected chi connectivity index (χ1v) is 9.42. The van der Waals surface area contributed by atoms with E-state index in [9.17, 15) is 9.59 Å². The number of hydroxylamine groups is 2. The van der Waals surface area contributed by atoms with Gasteiger partial charge in [0.05, 0.1) is 18.9 Å². The van der Waals surface area contributed by atoms with Crippen molar-refractivity contribution in [2.75, 3.05) is 24.6 Å². The summed E-state index contributed by atoms with van der Waals surface area (Å²) >= 11 is 0. The second-order valence-corrected chi connectivity index (χ2v) is 7.16. The number of furan rings is 1. The van der Waals surface area contributed by atoms with Crippen molar-refractivity contribution in [2.24, 2.45) is 11.7 Å². The van der Waals surface area contributed by atoms with Gasteiger partial charge in [-0.3, -0.25) is 14.4 Å². The minimum atomic E-state index is -0.583.